The fourth-order valence-electron chi connectivity index (χ4n) is 3.30. The number of halogens is 3. The molecule has 0 atom stereocenters. The van der Waals surface area contributed by atoms with Crippen LogP contribution in [0.1, 0.15) is 27.2 Å². The van der Waals surface area contributed by atoms with E-state index >= 15 is 0 Å². The number of carbonyl (C=O) groups is 1. The van der Waals surface area contributed by atoms with Crippen LogP contribution in [0.5, 0.6) is 0 Å². The number of aryl methyl sites for hydroxylation is 1. The molecule has 162 valence electrons. The molecule has 0 unspecified atom stereocenters. The molecule has 9 heteroatoms. The van der Waals surface area contributed by atoms with Gasteiger partial charge in [0.2, 0.25) is 0 Å². The maximum absolute atomic E-state index is 13.0. The van der Waals surface area contributed by atoms with E-state index in [4.69, 9.17) is 0 Å². The molecule has 4 aromatic rings. The molecule has 0 saturated carbocycles. The van der Waals surface area contributed by atoms with Crippen molar-refractivity contribution in [3.05, 3.63) is 95.4 Å². The lowest BCUT2D eigenvalue weighted by molar-refractivity contribution is -0.137. The summed E-state index contributed by atoms with van der Waals surface area (Å²) < 4.78 is 40.4. The first-order valence-electron chi connectivity index (χ1n) is 9.71. The van der Waals surface area contributed by atoms with Crippen molar-refractivity contribution in [3.63, 3.8) is 0 Å². The number of nitrogens with zero attached hydrogens (tertiary/aromatic N) is 4. The van der Waals surface area contributed by atoms with Gasteiger partial charge >= 0.3 is 6.18 Å². The van der Waals surface area contributed by atoms with Crippen molar-refractivity contribution in [2.45, 2.75) is 19.6 Å². The molecule has 0 bridgehead atoms. The van der Waals surface area contributed by atoms with Crippen LogP contribution in [0.2, 0.25) is 0 Å². The number of benzene rings is 2. The quantitative estimate of drug-likeness (QED) is 0.496. The standard InChI is InChI=1S/C23H18F3N5O/c1-15-5-2-3-8-19(15)31-21(17-9-11-27-12-10-17)20(29-30-31)22(32)28-14-16-6-4-7-18(13-16)23(24,25)26/h2-13H,14H2,1H3,(H,28,32). The van der Waals surface area contributed by atoms with Gasteiger partial charge in [0.05, 0.1) is 11.3 Å². The van der Waals surface area contributed by atoms with Crippen molar-refractivity contribution in [2.24, 2.45) is 0 Å². The lowest BCUT2D eigenvalue weighted by Gasteiger charge is -2.11. The number of aromatic nitrogens is 4. The third-order valence-electron chi connectivity index (χ3n) is 4.89. The summed E-state index contributed by atoms with van der Waals surface area (Å²) in [6.45, 7) is 1.83. The number of hydrogen-bond acceptors (Lipinski definition) is 4. The van der Waals surface area contributed by atoms with Crippen molar-refractivity contribution in [2.75, 3.05) is 0 Å². The second kappa shape index (κ2) is 8.62. The summed E-state index contributed by atoms with van der Waals surface area (Å²) >= 11 is 0. The van der Waals surface area contributed by atoms with Crippen LogP contribution in [0.15, 0.2) is 73.1 Å². The Bertz CT molecular complexity index is 1250. The van der Waals surface area contributed by atoms with E-state index in [1.165, 1.54) is 12.1 Å². The van der Waals surface area contributed by atoms with Crippen molar-refractivity contribution >= 4 is 5.91 Å². The monoisotopic (exact) mass is 437 g/mol. The SMILES string of the molecule is Cc1ccccc1-n1nnc(C(=O)NCc2cccc(C(F)(F)F)c2)c1-c1ccncc1. The number of amides is 1. The van der Waals surface area contributed by atoms with Crippen LogP contribution in [-0.4, -0.2) is 25.9 Å². The molecule has 32 heavy (non-hydrogen) atoms. The van der Waals surface area contributed by atoms with Crippen LogP contribution >= 0.6 is 0 Å². The molecule has 0 aliphatic rings. The Hall–Kier alpha value is -4.01. The minimum Gasteiger partial charge on any atom is -0.346 e. The van der Waals surface area contributed by atoms with E-state index in [1.807, 2.05) is 31.2 Å². The highest BCUT2D eigenvalue weighted by atomic mass is 19.4. The van der Waals surface area contributed by atoms with E-state index in [0.717, 1.165) is 23.4 Å². The zero-order valence-corrected chi connectivity index (χ0v) is 17.0. The first-order chi connectivity index (χ1) is 15.3. The second-order valence-corrected chi connectivity index (χ2v) is 7.10. The Morgan fingerprint density at radius 2 is 1.78 bits per heavy atom. The zero-order chi connectivity index (χ0) is 22.7. The number of carbonyl (C=O) groups excluding carboxylic acids is 1. The van der Waals surface area contributed by atoms with Gasteiger partial charge in [0, 0.05) is 24.5 Å². The van der Waals surface area contributed by atoms with E-state index in [0.29, 0.717) is 16.8 Å². The van der Waals surface area contributed by atoms with Crippen molar-refractivity contribution in [1.82, 2.24) is 25.3 Å². The number of alkyl halides is 3. The van der Waals surface area contributed by atoms with Gasteiger partial charge < -0.3 is 5.32 Å². The van der Waals surface area contributed by atoms with Gasteiger partial charge in [-0.3, -0.25) is 9.78 Å². The van der Waals surface area contributed by atoms with Gasteiger partial charge in [-0.1, -0.05) is 35.5 Å². The molecule has 0 radical (unpaired) electrons. The lowest BCUT2D eigenvalue weighted by Crippen LogP contribution is -2.24. The molecular formula is C23H18F3N5O. The molecular weight excluding hydrogens is 419 g/mol. The summed E-state index contributed by atoms with van der Waals surface area (Å²) in [5, 5.41) is 10.9. The first-order valence-corrected chi connectivity index (χ1v) is 9.71. The van der Waals surface area contributed by atoms with Crippen LogP contribution < -0.4 is 5.32 Å². The van der Waals surface area contributed by atoms with Gasteiger partial charge in [-0.05, 0) is 48.4 Å². The summed E-state index contributed by atoms with van der Waals surface area (Å²) in [7, 11) is 0. The van der Waals surface area contributed by atoms with E-state index < -0.39 is 17.6 Å². The molecule has 2 heterocycles. The fourth-order valence-corrected chi connectivity index (χ4v) is 3.30. The summed E-state index contributed by atoms with van der Waals surface area (Å²) in [5.74, 6) is -0.547. The van der Waals surface area contributed by atoms with Gasteiger partial charge in [-0.15, -0.1) is 5.10 Å². The molecule has 0 saturated heterocycles. The summed E-state index contributed by atoms with van der Waals surface area (Å²) in [4.78, 5) is 17.0. The fraction of sp³-hybridized carbons (Fsp3) is 0.130. The minimum atomic E-state index is -4.45. The van der Waals surface area contributed by atoms with Crippen LogP contribution in [0, 0.1) is 6.92 Å². The summed E-state index contributed by atoms with van der Waals surface area (Å²) in [6.07, 6.45) is -1.27. The zero-order valence-electron chi connectivity index (χ0n) is 17.0. The van der Waals surface area contributed by atoms with Gasteiger partial charge in [0.1, 0.15) is 5.69 Å². The molecule has 2 aromatic heterocycles. The predicted octanol–water partition coefficient (Wildman–Crippen LogP) is 4.59. The Kier molecular flexibility index (Phi) is 5.72. The summed E-state index contributed by atoms with van der Waals surface area (Å²) in [6, 6.07) is 15.8. The topological polar surface area (TPSA) is 72.7 Å². The molecule has 1 N–H and O–H groups in total. The smallest absolute Gasteiger partial charge is 0.346 e. The number of pyridine rings is 1. The third kappa shape index (κ3) is 4.36. The van der Waals surface area contributed by atoms with Crippen LogP contribution in [0.25, 0.3) is 16.9 Å². The average molecular weight is 437 g/mol. The molecule has 2 aromatic carbocycles. The van der Waals surface area contributed by atoms with Crippen molar-refractivity contribution in [1.29, 1.82) is 0 Å². The summed E-state index contributed by atoms with van der Waals surface area (Å²) in [5.41, 5.74) is 2.44. The Balaban J connectivity index is 1.67. The number of hydrogen-bond donors (Lipinski definition) is 1. The molecule has 4 rings (SSSR count). The lowest BCUT2D eigenvalue weighted by atomic mass is 10.1. The van der Waals surface area contributed by atoms with Crippen LogP contribution in [-0.2, 0) is 12.7 Å². The van der Waals surface area contributed by atoms with Gasteiger partial charge in [0.15, 0.2) is 5.69 Å². The highest BCUT2D eigenvalue weighted by Gasteiger charge is 2.30. The van der Waals surface area contributed by atoms with Crippen LogP contribution in [0.4, 0.5) is 13.2 Å². The largest absolute Gasteiger partial charge is 0.416 e. The van der Waals surface area contributed by atoms with Crippen molar-refractivity contribution < 1.29 is 18.0 Å². The van der Waals surface area contributed by atoms with Crippen molar-refractivity contribution in [3.8, 4) is 16.9 Å². The Morgan fingerprint density at radius 1 is 1.03 bits per heavy atom. The molecule has 1 amide bonds. The number of nitrogens with one attached hydrogen (secondary N) is 1. The molecule has 0 spiro atoms. The van der Waals surface area contributed by atoms with E-state index in [1.54, 1.807) is 29.2 Å². The number of rotatable bonds is 5. The predicted molar refractivity (Wildman–Crippen MR) is 112 cm³/mol. The van der Waals surface area contributed by atoms with Gasteiger partial charge in [-0.2, -0.15) is 13.2 Å². The minimum absolute atomic E-state index is 0.0615. The highest BCUT2D eigenvalue weighted by Crippen LogP contribution is 2.30. The molecule has 0 fully saturated rings. The second-order valence-electron chi connectivity index (χ2n) is 7.10. The van der Waals surface area contributed by atoms with E-state index in [2.05, 4.69) is 20.6 Å². The maximum atomic E-state index is 13.0. The third-order valence-corrected chi connectivity index (χ3v) is 4.89. The number of para-hydroxylation sites is 1. The van der Waals surface area contributed by atoms with Crippen LogP contribution in [0.3, 0.4) is 0 Å². The molecule has 0 aliphatic carbocycles. The normalized spacial score (nSPS) is 11.4. The van der Waals surface area contributed by atoms with E-state index in [-0.39, 0.29) is 12.2 Å². The molecule has 6 nitrogen and oxygen atoms in total. The van der Waals surface area contributed by atoms with E-state index in [9.17, 15) is 18.0 Å². The first kappa shape index (κ1) is 21.2. The maximum Gasteiger partial charge on any atom is 0.416 e. The molecule has 0 aliphatic heterocycles. The Labute approximate surface area is 181 Å². The Morgan fingerprint density at radius 3 is 2.50 bits per heavy atom. The van der Waals surface area contributed by atoms with Gasteiger partial charge in [0.25, 0.3) is 5.91 Å². The van der Waals surface area contributed by atoms with Gasteiger partial charge in [-0.25, -0.2) is 4.68 Å². The highest BCUT2D eigenvalue weighted by molar-refractivity contribution is 5.98. The average Bonchev–Trinajstić information content (AvgIpc) is 3.23.